The second-order valence-electron chi connectivity index (χ2n) is 8.89. The highest BCUT2D eigenvalue weighted by molar-refractivity contribution is 7.80. The SMILES string of the molecule is COc1cc(OC)cc(C(=O)NC(=S)Nc2sc3c(c2C(N)=O)CCC(C(C)(C)C)C3)c1. The topological polar surface area (TPSA) is 103 Å². The van der Waals surface area contributed by atoms with Gasteiger partial charge in [0.15, 0.2) is 5.11 Å². The lowest BCUT2D eigenvalue weighted by molar-refractivity contribution is 0.0974. The molecule has 1 unspecified atom stereocenters. The minimum Gasteiger partial charge on any atom is -0.497 e. The normalized spacial score (nSPS) is 15.5. The average Bonchev–Trinajstić information content (AvgIpc) is 3.09. The number of methoxy groups -OCH3 is 2. The molecule has 3 rings (SSSR count). The van der Waals surface area contributed by atoms with Crippen molar-refractivity contribution in [1.82, 2.24) is 5.32 Å². The molecule has 0 bridgehead atoms. The van der Waals surface area contributed by atoms with Crippen molar-refractivity contribution in [3.05, 3.63) is 39.8 Å². The lowest BCUT2D eigenvalue weighted by Gasteiger charge is -2.33. The Hall–Kier alpha value is -2.65. The first-order valence-corrected chi connectivity index (χ1v) is 11.6. The Labute approximate surface area is 197 Å². The van der Waals surface area contributed by atoms with Crippen LogP contribution in [0.2, 0.25) is 0 Å². The van der Waals surface area contributed by atoms with Gasteiger partial charge in [0.1, 0.15) is 16.5 Å². The maximum atomic E-state index is 12.7. The molecule has 0 aliphatic heterocycles. The van der Waals surface area contributed by atoms with Crippen LogP contribution in [0.25, 0.3) is 0 Å². The van der Waals surface area contributed by atoms with Crippen LogP contribution in [0.4, 0.5) is 5.00 Å². The van der Waals surface area contributed by atoms with Crippen molar-refractivity contribution in [3.8, 4) is 11.5 Å². The molecule has 1 aromatic carbocycles. The average molecular weight is 476 g/mol. The van der Waals surface area contributed by atoms with Crippen LogP contribution in [-0.4, -0.2) is 31.1 Å². The second kappa shape index (κ2) is 9.46. The van der Waals surface area contributed by atoms with Gasteiger partial charge in [0.25, 0.3) is 11.8 Å². The molecule has 1 heterocycles. The van der Waals surface area contributed by atoms with Crippen molar-refractivity contribution in [2.75, 3.05) is 19.5 Å². The van der Waals surface area contributed by atoms with Crippen LogP contribution in [0, 0.1) is 11.3 Å². The van der Waals surface area contributed by atoms with E-state index in [4.69, 9.17) is 27.4 Å². The van der Waals surface area contributed by atoms with E-state index in [0.717, 1.165) is 29.7 Å². The van der Waals surface area contributed by atoms with Crippen molar-refractivity contribution < 1.29 is 19.1 Å². The van der Waals surface area contributed by atoms with Crippen molar-refractivity contribution in [3.63, 3.8) is 0 Å². The van der Waals surface area contributed by atoms with E-state index in [1.807, 2.05) is 0 Å². The van der Waals surface area contributed by atoms with Gasteiger partial charge in [-0.25, -0.2) is 0 Å². The molecule has 0 spiro atoms. The zero-order valence-corrected chi connectivity index (χ0v) is 20.6. The molecule has 1 aliphatic carbocycles. The van der Waals surface area contributed by atoms with Gasteiger partial charge >= 0.3 is 0 Å². The maximum Gasteiger partial charge on any atom is 0.257 e. The smallest absolute Gasteiger partial charge is 0.257 e. The fourth-order valence-corrected chi connectivity index (χ4v) is 5.52. The van der Waals surface area contributed by atoms with E-state index in [9.17, 15) is 9.59 Å². The quantitative estimate of drug-likeness (QED) is 0.562. The molecular formula is C23H29N3O4S2. The third kappa shape index (κ3) is 5.21. The summed E-state index contributed by atoms with van der Waals surface area (Å²) in [6, 6.07) is 4.85. The van der Waals surface area contributed by atoms with E-state index >= 15 is 0 Å². The number of nitrogens with two attached hydrogens (primary N) is 1. The molecule has 0 fully saturated rings. The van der Waals surface area contributed by atoms with Gasteiger partial charge in [-0.05, 0) is 60.5 Å². The zero-order chi connectivity index (χ0) is 23.6. The summed E-state index contributed by atoms with van der Waals surface area (Å²) < 4.78 is 10.4. The van der Waals surface area contributed by atoms with Crippen LogP contribution in [0.1, 0.15) is 58.3 Å². The van der Waals surface area contributed by atoms with Crippen LogP contribution in [0.5, 0.6) is 11.5 Å². The van der Waals surface area contributed by atoms with Crippen molar-refractivity contribution in [2.45, 2.75) is 40.0 Å². The number of carbonyl (C=O) groups excluding carboxylic acids is 2. The number of primary amides is 1. The lowest BCUT2D eigenvalue weighted by Crippen LogP contribution is -2.34. The van der Waals surface area contributed by atoms with E-state index in [2.05, 4.69) is 31.4 Å². The number of rotatable bonds is 5. The lowest BCUT2D eigenvalue weighted by atomic mass is 9.72. The van der Waals surface area contributed by atoms with Gasteiger partial charge in [-0.3, -0.25) is 14.9 Å². The predicted octanol–water partition coefficient (Wildman–Crippen LogP) is 4.14. The highest BCUT2D eigenvalue weighted by Crippen LogP contribution is 2.44. The van der Waals surface area contributed by atoms with Crippen LogP contribution >= 0.6 is 23.6 Å². The predicted molar refractivity (Wildman–Crippen MR) is 131 cm³/mol. The fourth-order valence-electron chi connectivity index (χ4n) is 3.92. The van der Waals surface area contributed by atoms with Crippen LogP contribution in [0.3, 0.4) is 0 Å². The number of fused-ring (bicyclic) bond motifs is 1. The molecule has 0 radical (unpaired) electrons. The Kier molecular flexibility index (Phi) is 7.09. The third-order valence-corrected chi connectivity index (χ3v) is 7.18. The number of thiophene rings is 1. The van der Waals surface area contributed by atoms with Gasteiger partial charge in [0.2, 0.25) is 0 Å². The van der Waals surface area contributed by atoms with E-state index in [-0.39, 0.29) is 10.5 Å². The van der Waals surface area contributed by atoms with E-state index < -0.39 is 11.8 Å². The van der Waals surface area contributed by atoms with Crippen LogP contribution in [0.15, 0.2) is 18.2 Å². The first-order valence-electron chi connectivity index (χ1n) is 10.3. The number of benzene rings is 1. The van der Waals surface area contributed by atoms with E-state index in [1.54, 1.807) is 18.2 Å². The molecule has 2 aromatic rings. The molecule has 1 aromatic heterocycles. The number of hydrogen-bond acceptors (Lipinski definition) is 6. The molecule has 0 saturated heterocycles. The Morgan fingerprint density at radius 1 is 1.16 bits per heavy atom. The first-order chi connectivity index (χ1) is 15.0. The van der Waals surface area contributed by atoms with Gasteiger partial charge in [-0.15, -0.1) is 11.3 Å². The van der Waals surface area contributed by atoms with E-state index in [1.165, 1.54) is 25.6 Å². The first kappa shape index (κ1) is 24.0. The number of thiocarbonyl (C=S) groups is 1. The van der Waals surface area contributed by atoms with Crippen molar-refractivity contribution in [2.24, 2.45) is 17.1 Å². The van der Waals surface area contributed by atoms with Crippen LogP contribution in [-0.2, 0) is 12.8 Å². The Bertz CT molecular complexity index is 1030. The summed E-state index contributed by atoms with van der Waals surface area (Å²) in [7, 11) is 3.02. The summed E-state index contributed by atoms with van der Waals surface area (Å²) in [5.74, 6) is 0.588. The molecule has 9 heteroatoms. The van der Waals surface area contributed by atoms with Gasteiger partial charge in [0, 0.05) is 16.5 Å². The molecule has 1 atom stereocenters. The zero-order valence-electron chi connectivity index (χ0n) is 19.0. The molecule has 1 aliphatic rings. The number of anilines is 1. The Morgan fingerprint density at radius 2 is 1.78 bits per heavy atom. The Balaban J connectivity index is 1.79. The van der Waals surface area contributed by atoms with Gasteiger partial charge in [-0.1, -0.05) is 20.8 Å². The number of hydrogen-bond donors (Lipinski definition) is 3. The number of amides is 2. The van der Waals surface area contributed by atoms with Crippen LogP contribution < -0.4 is 25.8 Å². The molecule has 7 nitrogen and oxygen atoms in total. The van der Waals surface area contributed by atoms with Gasteiger partial charge in [-0.2, -0.15) is 0 Å². The van der Waals surface area contributed by atoms with Crippen molar-refractivity contribution in [1.29, 1.82) is 0 Å². The minimum atomic E-state index is -0.495. The highest BCUT2D eigenvalue weighted by atomic mass is 32.1. The summed E-state index contributed by atoms with van der Waals surface area (Å²) >= 11 is 6.84. The van der Waals surface area contributed by atoms with Crippen molar-refractivity contribution >= 4 is 45.5 Å². The summed E-state index contributed by atoms with van der Waals surface area (Å²) in [5.41, 5.74) is 7.69. The highest BCUT2D eigenvalue weighted by Gasteiger charge is 2.33. The summed E-state index contributed by atoms with van der Waals surface area (Å²) in [6.07, 6.45) is 2.70. The minimum absolute atomic E-state index is 0.0882. The number of nitrogens with one attached hydrogen (secondary N) is 2. The van der Waals surface area contributed by atoms with E-state index in [0.29, 0.717) is 33.5 Å². The van der Waals surface area contributed by atoms with Gasteiger partial charge < -0.3 is 20.5 Å². The second-order valence-corrected chi connectivity index (χ2v) is 10.4. The third-order valence-electron chi connectivity index (χ3n) is 5.80. The fraction of sp³-hybridized carbons (Fsp3) is 0.435. The number of ether oxygens (including phenoxy) is 2. The standard InChI is InChI=1S/C23H29N3O4S2/c1-23(2,3)13-6-7-16-17(10-13)32-21(18(16)19(24)27)26-22(31)25-20(28)12-8-14(29-4)11-15(9-12)30-5/h8-9,11,13H,6-7,10H2,1-5H3,(H2,24,27)(H2,25,26,28,31). The molecule has 32 heavy (non-hydrogen) atoms. The molecule has 0 saturated carbocycles. The summed E-state index contributed by atoms with van der Waals surface area (Å²) in [4.78, 5) is 26.1. The molecular weight excluding hydrogens is 446 g/mol. The maximum absolute atomic E-state index is 12.7. The molecule has 4 N–H and O–H groups in total. The Morgan fingerprint density at radius 3 is 2.31 bits per heavy atom. The summed E-state index contributed by atoms with van der Waals surface area (Å²) in [5, 5.41) is 6.33. The van der Waals surface area contributed by atoms with Gasteiger partial charge in [0.05, 0.1) is 19.8 Å². The molecule has 172 valence electrons. The number of carbonyl (C=O) groups is 2. The molecule has 2 amide bonds. The largest absolute Gasteiger partial charge is 0.497 e. The monoisotopic (exact) mass is 475 g/mol. The summed E-state index contributed by atoms with van der Waals surface area (Å²) in [6.45, 7) is 6.72.